The molecule has 1 aromatic heterocycles. The molecule has 0 aromatic carbocycles. The summed E-state index contributed by atoms with van der Waals surface area (Å²) in [6.07, 6.45) is 11.3. The van der Waals surface area contributed by atoms with Gasteiger partial charge >= 0.3 is 0 Å². The van der Waals surface area contributed by atoms with Gasteiger partial charge in [-0.2, -0.15) is 5.10 Å². The number of hydrogen-bond acceptors (Lipinski definition) is 2. The molecule has 1 aliphatic rings. The van der Waals surface area contributed by atoms with Crippen LogP contribution in [0.15, 0.2) is 12.3 Å². The normalized spacial score (nSPS) is 21.0. The van der Waals surface area contributed by atoms with Crippen molar-refractivity contribution >= 4 is 0 Å². The fraction of sp³-hybridized carbons (Fsp3) is 0.812. The average molecular weight is 264 g/mol. The standard InChI is InChI=1S/C16H28N2O/c1-3-13(2)18-11-10-15(17-18)12-16(19)14-8-6-4-5-7-9-14/h10-11,13-14,16,19H,3-9,12H2,1-2H3. The van der Waals surface area contributed by atoms with Crippen molar-refractivity contribution in [2.75, 3.05) is 0 Å². The molecule has 0 amide bonds. The molecule has 1 heterocycles. The fourth-order valence-electron chi connectivity index (χ4n) is 3.00. The number of nitrogens with zero attached hydrogens (tertiary/aromatic N) is 2. The van der Waals surface area contributed by atoms with E-state index in [1.807, 2.05) is 10.9 Å². The van der Waals surface area contributed by atoms with Gasteiger partial charge in [-0.25, -0.2) is 0 Å². The monoisotopic (exact) mass is 264 g/mol. The van der Waals surface area contributed by atoms with Crippen molar-refractivity contribution in [2.24, 2.45) is 5.92 Å². The molecular formula is C16H28N2O. The summed E-state index contributed by atoms with van der Waals surface area (Å²) < 4.78 is 2.02. The number of aliphatic hydroxyl groups is 1. The SMILES string of the molecule is CCC(C)n1ccc(CC(O)C2CCCCCC2)n1. The molecule has 108 valence electrons. The van der Waals surface area contributed by atoms with Crippen LogP contribution in [0.1, 0.15) is 70.5 Å². The third kappa shape index (κ3) is 4.07. The highest BCUT2D eigenvalue weighted by Gasteiger charge is 2.21. The van der Waals surface area contributed by atoms with Crippen molar-refractivity contribution in [1.29, 1.82) is 0 Å². The number of hydrogen-bond donors (Lipinski definition) is 1. The molecule has 0 radical (unpaired) electrons. The van der Waals surface area contributed by atoms with Crippen molar-refractivity contribution in [3.05, 3.63) is 18.0 Å². The van der Waals surface area contributed by atoms with Gasteiger partial charge in [0.15, 0.2) is 0 Å². The molecule has 0 spiro atoms. The molecule has 1 aromatic rings. The largest absolute Gasteiger partial charge is 0.392 e. The van der Waals surface area contributed by atoms with E-state index in [2.05, 4.69) is 25.0 Å². The molecule has 1 aliphatic carbocycles. The van der Waals surface area contributed by atoms with E-state index in [4.69, 9.17) is 0 Å². The molecule has 1 fully saturated rings. The topological polar surface area (TPSA) is 38.0 Å². The van der Waals surface area contributed by atoms with Gasteiger partial charge in [-0.1, -0.05) is 32.6 Å². The quantitative estimate of drug-likeness (QED) is 0.823. The van der Waals surface area contributed by atoms with E-state index in [1.54, 1.807) is 0 Å². The first-order chi connectivity index (χ1) is 9.20. The van der Waals surface area contributed by atoms with Gasteiger partial charge in [0.25, 0.3) is 0 Å². The Morgan fingerprint density at radius 3 is 2.63 bits per heavy atom. The average Bonchev–Trinajstić information content (AvgIpc) is 2.71. The molecule has 3 nitrogen and oxygen atoms in total. The highest BCUT2D eigenvalue weighted by atomic mass is 16.3. The van der Waals surface area contributed by atoms with E-state index in [-0.39, 0.29) is 6.10 Å². The lowest BCUT2D eigenvalue weighted by atomic mass is 9.91. The van der Waals surface area contributed by atoms with Gasteiger partial charge in [0.2, 0.25) is 0 Å². The third-order valence-electron chi connectivity index (χ3n) is 4.57. The Balaban J connectivity index is 1.90. The van der Waals surface area contributed by atoms with Crippen LogP contribution in [0.4, 0.5) is 0 Å². The zero-order chi connectivity index (χ0) is 13.7. The third-order valence-corrected chi connectivity index (χ3v) is 4.57. The van der Waals surface area contributed by atoms with Crippen LogP contribution >= 0.6 is 0 Å². The molecule has 1 N–H and O–H groups in total. The van der Waals surface area contributed by atoms with Gasteiger partial charge in [0.05, 0.1) is 11.8 Å². The predicted molar refractivity (Wildman–Crippen MR) is 78.1 cm³/mol. The lowest BCUT2D eigenvalue weighted by Crippen LogP contribution is -2.23. The molecule has 1 saturated carbocycles. The van der Waals surface area contributed by atoms with Crippen LogP contribution in [0, 0.1) is 5.92 Å². The molecule has 3 heteroatoms. The number of rotatable bonds is 5. The zero-order valence-electron chi connectivity index (χ0n) is 12.4. The Morgan fingerprint density at radius 2 is 2.00 bits per heavy atom. The summed E-state index contributed by atoms with van der Waals surface area (Å²) in [5.74, 6) is 0.483. The minimum absolute atomic E-state index is 0.210. The van der Waals surface area contributed by atoms with Crippen LogP contribution in [0.2, 0.25) is 0 Å². The van der Waals surface area contributed by atoms with Gasteiger partial charge in [-0.15, -0.1) is 0 Å². The smallest absolute Gasteiger partial charge is 0.0650 e. The van der Waals surface area contributed by atoms with E-state index >= 15 is 0 Å². The van der Waals surface area contributed by atoms with E-state index in [0.29, 0.717) is 18.4 Å². The molecule has 2 rings (SSSR count). The second-order valence-corrected chi connectivity index (χ2v) is 6.07. The maximum atomic E-state index is 10.4. The Bertz CT molecular complexity index is 367. The fourth-order valence-corrected chi connectivity index (χ4v) is 3.00. The Labute approximate surface area is 117 Å². The second-order valence-electron chi connectivity index (χ2n) is 6.07. The lowest BCUT2D eigenvalue weighted by molar-refractivity contribution is 0.0975. The van der Waals surface area contributed by atoms with Crippen LogP contribution in [-0.4, -0.2) is 21.0 Å². The van der Waals surface area contributed by atoms with Gasteiger partial charge in [-0.3, -0.25) is 4.68 Å². The van der Waals surface area contributed by atoms with Gasteiger partial charge < -0.3 is 5.11 Å². The highest BCUT2D eigenvalue weighted by Crippen LogP contribution is 2.27. The van der Waals surface area contributed by atoms with Gasteiger partial charge in [-0.05, 0) is 38.2 Å². The van der Waals surface area contributed by atoms with Gasteiger partial charge in [0.1, 0.15) is 0 Å². The van der Waals surface area contributed by atoms with Crippen LogP contribution in [0.5, 0.6) is 0 Å². The summed E-state index contributed by atoms with van der Waals surface area (Å²) in [7, 11) is 0. The Hall–Kier alpha value is -0.830. The maximum absolute atomic E-state index is 10.4. The molecule has 2 atom stereocenters. The molecule has 19 heavy (non-hydrogen) atoms. The van der Waals surface area contributed by atoms with Crippen molar-refractivity contribution in [3.8, 4) is 0 Å². The molecule has 0 saturated heterocycles. The Morgan fingerprint density at radius 1 is 1.32 bits per heavy atom. The van der Waals surface area contributed by atoms with Crippen LogP contribution in [-0.2, 0) is 6.42 Å². The first-order valence-electron chi connectivity index (χ1n) is 7.92. The van der Waals surface area contributed by atoms with Crippen molar-refractivity contribution in [2.45, 2.75) is 77.4 Å². The lowest BCUT2D eigenvalue weighted by Gasteiger charge is -2.20. The van der Waals surface area contributed by atoms with Gasteiger partial charge in [0, 0.05) is 18.7 Å². The minimum Gasteiger partial charge on any atom is -0.392 e. The summed E-state index contributed by atoms with van der Waals surface area (Å²) in [4.78, 5) is 0. The summed E-state index contributed by atoms with van der Waals surface area (Å²) >= 11 is 0. The molecule has 2 unspecified atom stereocenters. The van der Waals surface area contributed by atoms with Crippen molar-refractivity contribution in [1.82, 2.24) is 9.78 Å². The number of aliphatic hydroxyl groups excluding tert-OH is 1. The van der Waals surface area contributed by atoms with E-state index < -0.39 is 0 Å². The second kappa shape index (κ2) is 7.09. The molecular weight excluding hydrogens is 236 g/mol. The van der Waals surface area contributed by atoms with Crippen LogP contribution in [0.25, 0.3) is 0 Å². The van der Waals surface area contributed by atoms with E-state index in [0.717, 1.165) is 12.1 Å². The van der Waals surface area contributed by atoms with Crippen LogP contribution in [0.3, 0.4) is 0 Å². The Kier molecular flexibility index (Phi) is 5.44. The van der Waals surface area contributed by atoms with Crippen molar-refractivity contribution < 1.29 is 5.11 Å². The summed E-state index contributed by atoms with van der Waals surface area (Å²) in [6, 6.07) is 2.51. The predicted octanol–water partition coefficient (Wildman–Crippen LogP) is 3.73. The number of aromatic nitrogens is 2. The van der Waals surface area contributed by atoms with Crippen LogP contribution < -0.4 is 0 Å². The highest BCUT2D eigenvalue weighted by molar-refractivity contribution is 5.02. The summed E-state index contributed by atoms with van der Waals surface area (Å²) in [6.45, 7) is 4.35. The van der Waals surface area contributed by atoms with E-state index in [9.17, 15) is 5.11 Å². The molecule has 0 aliphatic heterocycles. The first-order valence-corrected chi connectivity index (χ1v) is 7.92. The minimum atomic E-state index is -0.210. The zero-order valence-corrected chi connectivity index (χ0v) is 12.4. The summed E-state index contributed by atoms with van der Waals surface area (Å²) in [5.41, 5.74) is 1.04. The summed E-state index contributed by atoms with van der Waals surface area (Å²) in [5, 5.41) is 15.0. The van der Waals surface area contributed by atoms with Crippen molar-refractivity contribution in [3.63, 3.8) is 0 Å². The molecule has 0 bridgehead atoms. The first kappa shape index (κ1) is 14.6. The maximum Gasteiger partial charge on any atom is 0.0650 e. The van der Waals surface area contributed by atoms with E-state index in [1.165, 1.54) is 38.5 Å².